The second kappa shape index (κ2) is 6.45. The van der Waals surface area contributed by atoms with Crippen molar-refractivity contribution in [2.75, 3.05) is 11.9 Å². The standard InChI is InChI=1S/C16H14ClN5O2S/c17-12-7-6-11(25-12)15(24)21-9-3-4-10(21)14(23)18-16-20-19-13-5-1-2-8-22(13)16/h1-2,5-8,10H,3-4,9H2,(H,18,20,23)/t10-/m0/s1. The van der Waals surface area contributed by atoms with Gasteiger partial charge >= 0.3 is 0 Å². The molecular weight excluding hydrogens is 362 g/mol. The number of rotatable bonds is 3. The Morgan fingerprint density at radius 1 is 1.24 bits per heavy atom. The normalized spacial score (nSPS) is 17.2. The van der Waals surface area contributed by atoms with Crippen molar-refractivity contribution in [2.45, 2.75) is 18.9 Å². The van der Waals surface area contributed by atoms with Crippen LogP contribution in [0.2, 0.25) is 4.34 Å². The lowest BCUT2D eigenvalue weighted by Crippen LogP contribution is -2.43. The molecule has 1 fully saturated rings. The Bertz CT molecular complexity index is 953. The quantitative estimate of drug-likeness (QED) is 0.763. The second-order valence-corrected chi connectivity index (χ2v) is 7.42. The van der Waals surface area contributed by atoms with Gasteiger partial charge in [0.1, 0.15) is 6.04 Å². The van der Waals surface area contributed by atoms with E-state index >= 15 is 0 Å². The van der Waals surface area contributed by atoms with E-state index in [1.54, 1.807) is 33.7 Å². The van der Waals surface area contributed by atoms with E-state index in [0.29, 0.717) is 33.8 Å². The second-order valence-electron chi connectivity index (χ2n) is 5.70. The van der Waals surface area contributed by atoms with Crippen LogP contribution >= 0.6 is 22.9 Å². The number of thiophene rings is 1. The lowest BCUT2D eigenvalue weighted by Gasteiger charge is -2.23. The number of hydrogen-bond acceptors (Lipinski definition) is 5. The van der Waals surface area contributed by atoms with Gasteiger partial charge in [0.15, 0.2) is 5.65 Å². The van der Waals surface area contributed by atoms with Gasteiger partial charge in [-0.25, -0.2) is 0 Å². The fourth-order valence-corrected chi connectivity index (χ4v) is 3.97. The molecule has 128 valence electrons. The van der Waals surface area contributed by atoms with Crippen molar-refractivity contribution >= 4 is 46.3 Å². The van der Waals surface area contributed by atoms with Gasteiger partial charge in [-0.2, -0.15) is 0 Å². The summed E-state index contributed by atoms with van der Waals surface area (Å²) in [7, 11) is 0. The molecule has 7 nitrogen and oxygen atoms in total. The Kier molecular flexibility index (Phi) is 4.14. The largest absolute Gasteiger partial charge is 0.326 e. The number of hydrogen-bond donors (Lipinski definition) is 1. The van der Waals surface area contributed by atoms with Gasteiger partial charge in [-0.3, -0.25) is 19.3 Å². The van der Waals surface area contributed by atoms with E-state index < -0.39 is 6.04 Å². The Balaban J connectivity index is 1.53. The highest BCUT2D eigenvalue weighted by Crippen LogP contribution is 2.27. The topological polar surface area (TPSA) is 79.6 Å². The highest BCUT2D eigenvalue weighted by Gasteiger charge is 2.35. The van der Waals surface area contributed by atoms with Crippen LogP contribution in [0.4, 0.5) is 5.95 Å². The maximum absolute atomic E-state index is 12.7. The van der Waals surface area contributed by atoms with E-state index in [4.69, 9.17) is 11.6 Å². The first-order valence-corrected chi connectivity index (χ1v) is 9.00. The highest BCUT2D eigenvalue weighted by molar-refractivity contribution is 7.18. The number of likely N-dealkylation sites (tertiary alicyclic amines) is 1. The van der Waals surface area contributed by atoms with Gasteiger partial charge < -0.3 is 4.90 Å². The zero-order chi connectivity index (χ0) is 17.4. The molecule has 0 radical (unpaired) electrons. The van der Waals surface area contributed by atoms with E-state index in [1.807, 2.05) is 12.1 Å². The molecule has 0 aliphatic carbocycles. The summed E-state index contributed by atoms with van der Waals surface area (Å²) in [6, 6.07) is 8.33. The molecule has 9 heteroatoms. The van der Waals surface area contributed by atoms with Crippen molar-refractivity contribution < 1.29 is 9.59 Å². The average Bonchev–Trinajstić information content (AvgIpc) is 3.34. The lowest BCUT2D eigenvalue weighted by atomic mass is 10.2. The van der Waals surface area contributed by atoms with Gasteiger partial charge in [0.25, 0.3) is 5.91 Å². The van der Waals surface area contributed by atoms with Crippen molar-refractivity contribution in [3.63, 3.8) is 0 Å². The van der Waals surface area contributed by atoms with E-state index in [-0.39, 0.29) is 11.8 Å². The predicted molar refractivity (Wildman–Crippen MR) is 95.0 cm³/mol. The van der Waals surface area contributed by atoms with Gasteiger partial charge in [-0.15, -0.1) is 21.5 Å². The minimum atomic E-state index is -0.524. The van der Waals surface area contributed by atoms with Crippen molar-refractivity contribution in [1.82, 2.24) is 19.5 Å². The Morgan fingerprint density at radius 3 is 2.92 bits per heavy atom. The molecule has 3 aromatic heterocycles. The van der Waals surface area contributed by atoms with Gasteiger partial charge in [-0.1, -0.05) is 17.7 Å². The first-order valence-electron chi connectivity index (χ1n) is 7.80. The molecule has 4 heterocycles. The molecule has 25 heavy (non-hydrogen) atoms. The summed E-state index contributed by atoms with van der Waals surface area (Å²) in [5.74, 6) is -0.0774. The third-order valence-corrected chi connectivity index (χ3v) is 5.37. The minimum Gasteiger partial charge on any atom is -0.326 e. The van der Waals surface area contributed by atoms with Crippen molar-refractivity contribution in [1.29, 1.82) is 0 Å². The van der Waals surface area contributed by atoms with Crippen LogP contribution in [-0.4, -0.2) is 43.9 Å². The van der Waals surface area contributed by atoms with Gasteiger partial charge in [-0.05, 0) is 37.1 Å². The fraction of sp³-hybridized carbons (Fsp3) is 0.250. The molecule has 2 amide bonds. The van der Waals surface area contributed by atoms with Gasteiger partial charge in [0.05, 0.1) is 9.21 Å². The van der Waals surface area contributed by atoms with Gasteiger partial charge in [0.2, 0.25) is 11.9 Å². The first-order chi connectivity index (χ1) is 12.1. The number of carbonyl (C=O) groups excluding carboxylic acids is 2. The van der Waals surface area contributed by atoms with Crippen molar-refractivity contribution in [3.8, 4) is 0 Å². The number of aromatic nitrogens is 3. The van der Waals surface area contributed by atoms with Crippen molar-refractivity contribution in [2.24, 2.45) is 0 Å². The molecule has 1 aliphatic heterocycles. The molecule has 4 rings (SSSR count). The van der Waals surface area contributed by atoms with E-state index in [0.717, 1.165) is 6.42 Å². The number of anilines is 1. The Hall–Kier alpha value is -2.45. The molecule has 0 spiro atoms. The van der Waals surface area contributed by atoms with Crippen LogP contribution in [0.25, 0.3) is 5.65 Å². The summed E-state index contributed by atoms with van der Waals surface area (Å²) < 4.78 is 2.25. The average molecular weight is 376 g/mol. The Labute approximate surface area is 152 Å². The zero-order valence-electron chi connectivity index (χ0n) is 13.1. The lowest BCUT2D eigenvalue weighted by molar-refractivity contribution is -0.119. The molecule has 1 saturated heterocycles. The number of nitrogens with one attached hydrogen (secondary N) is 1. The van der Waals surface area contributed by atoms with Crippen molar-refractivity contribution in [3.05, 3.63) is 45.7 Å². The number of fused-ring (bicyclic) bond motifs is 1. The van der Waals surface area contributed by atoms with Gasteiger partial charge in [0, 0.05) is 12.7 Å². The number of amides is 2. The summed E-state index contributed by atoms with van der Waals surface area (Å²) in [5, 5.41) is 10.8. The molecule has 0 aromatic carbocycles. The smallest absolute Gasteiger partial charge is 0.264 e. The SMILES string of the molecule is O=C(Nc1nnc2ccccn12)[C@@H]1CCCN1C(=O)c1ccc(Cl)s1. The molecule has 0 bridgehead atoms. The van der Waals surface area contributed by atoms with Crippen LogP contribution in [0.15, 0.2) is 36.5 Å². The molecule has 0 saturated carbocycles. The summed E-state index contributed by atoms with van der Waals surface area (Å²) in [5.41, 5.74) is 0.644. The van der Waals surface area contributed by atoms with E-state index in [9.17, 15) is 9.59 Å². The summed E-state index contributed by atoms with van der Waals surface area (Å²) in [6.45, 7) is 0.549. The number of carbonyl (C=O) groups is 2. The highest BCUT2D eigenvalue weighted by atomic mass is 35.5. The Morgan fingerprint density at radius 2 is 2.12 bits per heavy atom. The van der Waals surface area contributed by atoms with Crippen LogP contribution in [0.5, 0.6) is 0 Å². The van der Waals surface area contributed by atoms with Crippen LogP contribution in [0.3, 0.4) is 0 Å². The number of nitrogens with zero attached hydrogens (tertiary/aromatic N) is 4. The minimum absolute atomic E-state index is 0.166. The maximum Gasteiger partial charge on any atom is 0.264 e. The van der Waals surface area contributed by atoms with E-state index in [1.165, 1.54) is 11.3 Å². The zero-order valence-corrected chi connectivity index (χ0v) is 14.6. The van der Waals surface area contributed by atoms with Crippen LogP contribution in [-0.2, 0) is 4.79 Å². The van der Waals surface area contributed by atoms with E-state index in [2.05, 4.69) is 15.5 Å². The fourth-order valence-electron chi connectivity index (χ4n) is 2.97. The molecule has 1 atom stereocenters. The number of halogens is 1. The third-order valence-electron chi connectivity index (χ3n) is 4.15. The van der Waals surface area contributed by atoms with Crippen LogP contribution < -0.4 is 5.32 Å². The molecule has 3 aromatic rings. The monoisotopic (exact) mass is 375 g/mol. The summed E-state index contributed by atoms with van der Waals surface area (Å²) in [6.07, 6.45) is 3.17. The predicted octanol–water partition coefficient (Wildman–Crippen LogP) is 2.69. The van der Waals surface area contributed by atoms with Crippen LogP contribution in [0, 0.1) is 0 Å². The molecular formula is C16H14ClN5O2S. The summed E-state index contributed by atoms with van der Waals surface area (Å²) >= 11 is 7.13. The number of pyridine rings is 1. The first kappa shape index (κ1) is 16.0. The molecule has 1 N–H and O–H groups in total. The van der Waals surface area contributed by atoms with Crippen LogP contribution in [0.1, 0.15) is 22.5 Å². The third kappa shape index (κ3) is 2.98. The molecule has 1 aliphatic rings. The molecule has 0 unspecified atom stereocenters. The summed E-state index contributed by atoms with van der Waals surface area (Å²) in [4.78, 5) is 27.5. The maximum atomic E-state index is 12.7.